The van der Waals surface area contributed by atoms with Gasteiger partial charge in [0.25, 0.3) is 0 Å². The Morgan fingerprint density at radius 2 is 1.08 bits per heavy atom. The summed E-state index contributed by atoms with van der Waals surface area (Å²) in [6.45, 7) is 0. The molecule has 0 saturated carbocycles. The summed E-state index contributed by atoms with van der Waals surface area (Å²) >= 11 is 0. The van der Waals surface area contributed by atoms with E-state index in [2.05, 4.69) is 0 Å². The molecule has 0 aliphatic rings. The molecule has 14 heteroatoms. The van der Waals surface area contributed by atoms with Crippen molar-refractivity contribution < 1.29 is 59.7 Å². The van der Waals surface area contributed by atoms with Crippen LogP contribution in [0.2, 0.25) is 0 Å². The molecule has 0 aliphatic carbocycles. The van der Waals surface area contributed by atoms with Gasteiger partial charge in [0.15, 0.2) is 11.7 Å². The number of aliphatic hydroxyl groups is 2. The van der Waals surface area contributed by atoms with Gasteiger partial charge >= 0.3 is 105 Å². The van der Waals surface area contributed by atoms with Crippen LogP contribution in [0.15, 0.2) is 0 Å². The van der Waals surface area contributed by atoms with E-state index in [1.54, 1.807) is 0 Å². The SMILES string of the molecule is O=C(O)CC(O)(CC(=O)O)C(=O)O.O=C(O)CC(O)C(=O)O.[CaH2].[CaH2]. The van der Waals surface area contributed by atoms with E-state index in [1.165, 1.54) is 0 Å². The molecule has 0 aromatic heterocycles. The number of carboxylic acids is 5. The molecule has 1 unspecified atom stereocenters. The van der Waals surface area contributed by atoms with Crippen molar-refractivity contribution in [2.24, 2.45) is 0 Å². The molecule has 134 valence electrons. The van der Waals surface area contributed by atoms with E-state index in [-0.39, 0.29) is 75.5 Å². The third kappa shape index (κ3) is 16.6. The molecule has 7 N–H and O–H groups in total. The fourth-order valence-electron chi connectivity index (χ4n) is 0.967. The Morgan fingerprint density at radius 1 is 0.750 bits per heavy atom. The number of aliphatic carboxylic acids is 5. The van der Waals surface area contributed by atoms with Gasteiger partial charge in [-0.25, -0.2) is 9.59 Å². The molecule has 24 heavy (non-hydrogen) atoms. The fourth-order valence-corrected chi connectivity index (χ4v) is 0.967. The Morgan fingerprint density at radius 3 is 1.21 bits per heavy atom. The van der Waals surface area contributed by atoms with E-state index >= 15 is 0 Å². The molecule has 0 aromatic carbocycles. The summed E-state index contributed by atoms with van der Waals surface area (Å²) < 4.78 is 0. The summed E-state index contributed by atoms with van der Waals surface area (Å²) in [7, 11) is 0. The van der Waals surface area contributed by atoms with Crippen LogP contribution in [0.5, 0.6) is 0 Å². The monoisotopic (exact) mass is 410 g/mol. The molecule has 0 bridgehead atoms. The summed E-state index contributed by atoms with van der Waals surface area (Å²) in [5, 5.41) is 58.0. The minimum atomic E-state index is -2.74. The average Bonchev–Trinajstić information content (AvgIpc) is 2.25. The van der Waals surface area contributed by atoms with Crippen LogP contribution in [-0.4, -0.2) is 153 Å². The first kappa shape index (κ1) is 31.5. The van der Waals surface area contributed by atoms with Crippen LogP contribution >= 0.6 is 0 Å². The zero-order valence-corrected chi connectivity index (χ0v) is 10.9. The van der Waals surface area contributed by atoms with E-state index < -0.39 is 60.8 Å². The molecule has 0 saturated heterocycles. The Balaban J connectivity index is -0.000000162. The maximum absolute atomic E-state index is 10.3. The van der Waals surface area contributed by atoms with Gasteiger partial charge in [0, 0.05) is 0 Å². The number of hydrogen-bond donors (Lipinski definition) is 7. The first-order chi connectivity index (χ1) is 9.81. The predicted molar refractivity (Wildman–Crippen MR) is 80.1 cm³/mol. The second-order valence-corrected chi connectivity index (χ2v) is 3.93. The van der Waals surface area contributed by atoms with Crippen molar-refractivity contribution in [2.75, 3.05) is 0 Å². The standard InChI is InChI=1S/C6H8O7.C4H6O5.2Ca.4H/c7-3(8)1-6(13,5(11)12)2-4(9)10;5-2(4(8)9)1-3(6)7;;;;;;/h13H,1-2H2,(H,7,8)(H,9,10)(H,11,12);2,5H,1H2,(H,6,7)(H,8,9);;;;;;. The van der Waals surface area contributed by atoms with Crippen molar-refractivity contribution in [3.63, 3.8) is 0 Å². The van der Waals surface area contributed by atoms with Crippen molar-refractivity contribution in [2.45, 2.75) is 31.0 Å². The number of carboxylic acid groups (broad SMARTS) is 5. The van der Waals surface area contributed by atoms with Crippen molar-refractivity contribution in [3.8, 4) is 0 Å². The van der Waals surface area contributed by atoms with Gasteiger partial charge < -0.3 is 35.7 Å². The normalized spacial score (nSPS) is 10.6. The summed E-state index contributed by atoms with van der Waals surface area (Å²) in [4.78, 5) is 49.9. The molecule has 0 aromatic rings. The number of rotatable bonds is 8. The van der Waals surface area contributed by atoms with E-state index in [1.807, 2.05) is 0 Å². The summed E-state index contributed by atoms with van der Waals surface area (Å²) in [6.07, 6.45) is -4.83. The van der Waals surface area contributed by atoms with E-state index in [4.69, 9.17) is 35.7 Å². The third-order valence-corrected chi connectivity index (χ3v) is 1.94. The number of carbonyl (C=O) groups is 5. The summed E-state index contributed by atoms with van der Waals surface area (Å²) in [6, 6.07) is 0. The summed E-state index contributed by atoms with van der Waals surface area (Å²) in [5.74, 6) is -7.86. The van der Waals surface area contributed by atoms with Crippen LogP contribution in [0, 0.1) is 0 Å². The van der Waals surface area contributed by atoms with Gasteiger partial charge in [0.1, 0.15) is 0 Å². The minimum absolute atomic E-state index is 0. The van der Waals surface area contributed by atoms with Gasteiger partial charge in [-0.15, -0.1) is 0 Å². The first-order valence-electron chi connectivity index (χ1n) is 5.34. The van der Waals surface area contributed by atoms with Crippen LogP contribution in [0.4, 0.5) is 0 Å². The van der Waals surface area contributed by atoms with Gasteiger partial charge in [-0.2, -0.15) is 0 Å². The molecule has 0 heterocycles. The Kier molecular flexibility index (Phi) is 19.8. The van der Waals surface area contributed by atoms with Crippen molar-refractivity contribution >= 4 is 105 Å². The van der Waals surface area contributed by atoms with E-state index in [9.17, 15) is 24.0 Å². The van der Waals surface area contributed by atoms with Gasteiger partial charge in [0.05, 0.1) is 19.3 Å². The predicted octanol–water partition coefficient (Wildman–Crippen LogP) is -4.17. The van der Waals surface area contributed by atoms with Gasteiger partial charge in [-0.3, -0.25) is 14.4 Å². The van der Waals surface area contributed by atoms with Crippen molar-refractivity contribution in [3.05, 3.63) is 0 Å². The zero-order valence-electron chi connectivity index (χ0n) is 10.9. The van der Waals surface area contributed by atoms with Crippen molar-refractivity contribution in [1.82, 2.24) is 0 Å². The van der Waals surface area contributed by atoms with Crippen molar-refractivity contribution in [1.29, 1.82) is 0 Å². The Hall–Kier alpha value is -0.211. The third-order valence-electron chi connectivity index (χ3n) is 1.94. The molecule has 1 atom stereocenters. The Bertz CT molecular complexity index is 447. The second kappa shape index (κ2) is 15.1. The Labute approximate surface area is 194 Å². The van der Waals surface area contributed by atoms with Crippen LogP contribution in [0.25, 0.3) is 0 Å². The van der Waals surface area contributed by atoms with E-state index in [0.29, 0.717) is 0 Å². The molecule has 0 fully saturated rings. The quantitative estimate of drug-likeness (QED) is 0.189. The molecule has 0 rings (SSSR count). The van der Waals surface area contributed by atoms with Gasteiger partial charge in [-0.05, 0) is 0 Å². The fraction of sp³-hybridized carbons (Fsp3) is 0.500. The maximum atomic E-state index is 10.3. The van der Waals surface area contributed by atoms with Gasteiger partial charge in [-0.1, -0.05) is 0 Å². The zero-order chi connectivity index (χ0) is 18.1. The van der Waals surface area contributed by atoms with Gasteiger partial charge in [0.2, 0.25) is 0 Å². The van der Waals surface area contributed by atoms with Crippen LogP contribution in [0.1, 0.15) is 19.3 Å². The van der Waals surface area contributed by atoms with Crippen LogP contribution < -0.4 is 0 Å². The average molecular weight is 410 g/mol. The molecule has 0 radical (unpaired) electrons. The molecule has 0 amide bonds. The van der Waals surface area contributed by atoms with Crippen LogP contribution in [0.3, 0.4) is 0 Å². The molecule has 12 nitrogen and oxygen atoms in total. The molecule has 0 aliphatic heterocycles. The first-order valence-corrected chi connectivity index (χ1v) is 5.34. The van der Waals surface area contributed by atoms with Crippen LogP contribution in [-0.2, 0) is 24.0 Å². The van der Waals surface area contributed by atoms with E-state index in [0.717, 1.165) is 0 Å². The topological polar surface area (TPSA) is 227 Å². The molecule has 0 spiro atoms. The molecular formula is C10H18Ca2O12. The number of aliphatic hydroxyl groups excluding tert-OH is 1. The summed E-state index contributed by atoms with van der Waals surface area (Å²) in [5.41, 5.74) is -2.74. The molecular weight excluding hydrogens is 392 g/mol. The second-order valence-electron chi connectivity index (χ2n) is 3.93. The number of hydrogen-bond acceptors (Lipinski definition) is 7.